The predicted octanol–water partition coefficient (Wildman–Crippen LogP) is 7.84. The fourth-order valence-electron chi connectivity index (χ4n) is 3.89. The summed E-state index contributed by atoms with van der Waals surface area (Å²) in [5.41, 5.74) is 7.72. The van der Waals surface area contributed by atoms with E-state index in [1.54, 1.807) is 0 Å². The number of allylic oxidation sites excluding steroid dienone is 3. The SMILES string of the molecule is C=C(CC(C(=C)C)C(CC(=C)c1ccc(C#N)cc1)C(C)C)c1ccc(C)cc1. The Labute approximate surface area is 177 Å². The van der Waals surface area contributed by atoms with Crippen LogP contribution in [0.5, 0.6) is 0 Å². The molecule has 0 fully saturated rings. The third-order valence-corrected chi connectivity index (χ3v) is 5.84. The lowest BCUT2D eigenvalue weighted by Gasteiger charge is -2.32. The molecule has 0 aliphatic rings. The molecular weight excluding hydrogens is 350 g/mol. The van der Waals surface area contributed by atoms with Gasteiger partial charge in [0.05, 0.1) is 11.6 Å². The molecule has 29 heavy (non-hydrogen) atoms. The highest BCUT2D eigenvalue weighted by Crippen LogP contribution is 2.39. The first-order valence-electron chi connectivity index (χ1n) is 10.3. The third-order valence-electron chi connectivity index (χ3n) is 5.84. The lowest BCUT2D eigenvalue weighted by Crippen LogP contribution is -2.22. The molecule has 0 amide bonds. The zero-order valence-corrected chi connectivity index (χ0v) is 18.3. The molecule has 1 heteroatoms. The van der Waals surface area contributed by atoms with E-state index in [9.17, 15) is 0 Å². The van der Waals surface area contributed by atoms with E-state index in [0.717, 1.165) is 29.6 Å². The molecule has 0 saturated heterocycles. The highest BCUT2D eigenvalue weighted by molar-refractivity contribution is 5.65. The van der Waals surface area contributed by atoms with Gasteiger partial charge in [0.25, 0.3) is 0 Å². The van der Waals surface area contributed by atoms with E-state index < -0.39 is 0 Å². The molecule has 0 spiro atoms. The third kappa shape index (κ3) is 6.06. The molecule has 2 aromatic carbocycles. The number of hydrogen-bond donors (Lipinski definition) is 0. The topological polar surface area (TPSA) is 23.8 Å². The molecular formula is C28H33N. The van der Waals surface area contributed by atoms with E-state index in [4.69, 9.17) is 5.26 Å². The van der Waals surface area contributed by atoms with Crippen molar-refractivity contribution in [1.82, 2.24) is 0 Å². The van der Waals surface area contributed by atoms with Gasteiger partial charge in [0.15, 0.2) is 0 Å². The maximum atomic E-state index is 9.02. The van der Waals surface area contributed by atoms with Crippen molar-refractivity contribution >= 4 is 11.1 Å². The van der Waals surface area contributed by atoms with E-state index in [1.807, 2.05) is 24.3 Å². The zero-order valence-electron chi connectivity index (χ0n) is 18.3. The second-order valence-electron chi connectivity index (χ2n) is 8.53. The first-order valence-corrected chi connectivity index (χ1v) is 10.3. The van der Waals surface area contributed by atoms with Crippen LogP contribution in [-0.4, -0.2) is 0 Å². The molecule has 2 atom stereocenters. The van der Waals surface area contributed by atoms with Crippen LogP contribution in [-0.2, 0) is 0 Å². The van der Waals surface area contributed by atoms with E-state index in [-0.39, 0.29) is 0 Å². The molecule has 0 aliphatic heterocycles. The molecule has 0 aromatic heterocycles. The van der Waals surface area contributed by atoms with Gasteiger partial charge in [0, 0.05) is 0 Å². The zero-order chi connectivity index (χ0) is 21.6. The minimum absolute atomic E-state index is 0.346. The van der Waals surface area contributed by atoms with Gasteiger partial charge >= 0.3 is 0 Å². The van der Waals surface area contributed by atoms with Crippen LogP contribution in [0, 0.1) is 36.0 Å². The van der Waals surface area contributed by atoms with E-state index in [2.05, 4.69) is 77.8 Å². The summed E-state index contributed by atoms with van der Waals surface area (Å²) < 4.78 is 0. The lowest BCUT2D eigenvalue weighted by atomic mass is 9.72. The number of rotatable bonds is 9. The van der Waals surface area contributed by atoms with Crippen LogP contribution in [0.15, 0.2) is 73.8 Å². The Balaban J connectivity index is 2.20. The minimum Gasteiger partial charge on any atom is -0.192 e. The summed E-state index contributed by atoms with van der Waals surface area (Å²) in [6, 6.07) is 18.5. The van der Waals surface area contributed by atoms with E-state index in [1.165, 1.54) is 16.7 Å². The summed E-state index contributed by atoms with van der Waals surface area (Å²) in [4.78, 5) is 0. The Morgan fingerprint density at radius 2 is 1.34 bits per heavy atom. The molecule has 0 radical (unpaired) electrons. The molecule has 0 heterocycles. The number of benzene rings is 2. The van der Waals surface area contributed by atoms with Crippen LogP contribution < -0.4 is 0 Å². The molecule has 2 aromatic rings. The fourth-order valence-corrected chi connectivity index (χ4v) is 3.89. The summed E-state index contributed by atoms with van der Waals surface area (Å²) in [6.45, 7) is 21.8. The molecule has 1 nitrogen and oxygen atoms in total. The van der Waals surface area contributed by atoms with Crippen molar-refractivity contribution < 1.29 is 0 Å². The highest BCUT2D eigenvalue weighted by Gasteiger charge is 2.27. The quantitative estimate of drug-likeness (QED) is 0.405. The Morgan fingerprint density at radius 3 is 1.79 bits per heavy atom. The van der Waals surface area contributed by atoms with Crippen LogP contribution >= 0.6 is 0 Å². The maximum Gasteiger partial charge on any atom is 0.0991 e. The van der Waals surface area contributed by atoms with Crippen molar-refractivity contribution in [2.24, 2.45) is 17.8 Å². The molecule has 0 N–H and O–H groups in total. The summed E-state index contributed by atoms with van der Waals surface area (Å²) in [5, 5.41) is 9.02. The van der Waals surface area contributed by atoms with Crippen LogP contribution in [0.2, 0.25) is 0 Å². The van der Waals surface area contributed by atoms with Gasteiger partial charge in [-0.3, -0.25) is 0 Å². The Bertz CT molecular complexity index is 904. The Morgan fingerprint density at radius 1 is 0.862 bits per heavy atom. The molecule has 150 valence electrons. The van der Waals surface area contributed by atoms with Gasteiger partial charge in [0.1, 0.15) is 0 Å². The van der Waals surface area contributed by atoms with Gasteiger partial charge in [-0.05, 0) is 78.8 Å². The minimum atomic E-state index is 0.346. The molecule has 0 aliphatic carbocycles. The smallest absolute Gasteiger partial charge is 0.0991 e. The molecule has 0 saturated carbocycles. The van der Waals surface area contributed by atoms with Crippen molar-refractivity contribution in [3.63, 3.8) is 0 Å². The number of nitriles is 1. The van der Waals surface area contributed by atoms with E-state index in [0.29, 0.717) is 23.3 Å². The highest BCUT2D eigenvalue weighted by atomic mass is 14.3. The van der Waals surface area contributed by atoms with Gasteiger partial charge in [-0.25, -0.2) is 0 Å². The Hall–Kier alpha value is -2.85. The van der Waals surface area contributed by atoms with Crippen LogP contribution in [0.25, 0.3) is 11.1 Å². The molecule has 2 unspecified atom stereocenters. The summed E-state index contributed by atoms with van der Waals surface area (Å²) in [5.74, 6) is 1.27. The van der Waals surface area contributed by atoms with Crippen molar-refractivity contribution in [1.29, 1.82) is 5.26 Å². The maximum absolute atomic E-state index is 9.02. The number of hydrogen-bond acceptors (Lipinski definition) is 1. The van der Waals surface area contributed by atoms with Crippen molar-refractivity contribution in [3.8, 4) is 6.07 Å². The van der Waals surface area contributed by atoms with E-state index >= 15 is 0 Å². The standard InChI is InChI=1S/C28H33N/c1-19(2)27(16-22(6)25-12-8-21(5)9-13-25)28(20(3)4)17-23(7)26-14-10-24(18-29)11-15-26/h8-15,20,27-28H,1,6-7,16-17H2,2-5H3. The van der Waals surface area contributed by atoms with Gasteiger partial charge in [-0.1, -0.05) is 81.1 Å². The largest absolute Gasteiger partial charge is 0.192 e. The summed E-state index contributed by atoms with van der Waals surface area (Å²) >= 11 is 0. The average Bonchev–Trinajstić information content (AvgIpc) is 2.70. The van der Waals surface area contributed by atoms with Crippen molar-refractivity contribution in [2.45, 2.75) is 40.5 Å². The number of aryl methyl sites for hydroxylation is 1. The van der Waals surface area contributed by atoms with Gasteiger partial charge in [0.2, 0.25) is 0 Å². The van der Waals surface area contributed by atoms with Gasteiger partial charge in [-0.2, -0.15) is 5.26 Å². The summed E-state index contributed by atoms with van der Waals surface area (Å²) in [6.07, 6.45) is 1.81. The van der Waals surface area contributed by atoms with Crippen LogP contribution in [0.3, 0.4) is 0 Å². The van der Waals surface area contributed by atoms with Crippen LogP contribution in [0.4, 0.5) is 0 Å². The number of nitrogens with zero attached hydrogens (tertiary/aromatic N) is 1. The second-order valence-corrected chi connectivity index (χ2v) is 8.53. The molecule has 0 bridgehead atoms. The normalized spacial score (nSPS) is 12.8. The first-order chi connectivity index (χ1) is 13.7. The molecule has 2 rings (SSSR count). The van der Waals surface area contributed by atoms with Gasteiger partial charge in [-0.15, -0.1) is 0 Å². The van der Waals surface area contributed by atoms with Gasteiger partial charge < -0.3 is 0 Å². The predicted molar refractivity (Wildman–Crippen MR) is 126 cm³/mol. The summed E-state index contributed by atoms with van der Waals surface area (Å²) in [7, 11) is 0. The lowest BCUT2D eigenvalue weighted by molar-refractivity contribution is 0.295. The Kier molecular flexibility index (Phi) is 7.80. The fraction of sp³-hybridized carbons (Fsp3) is 0.321. The first kappa shape index (κ1) is 22.4. The van der Waals surface area contributed by atoms with Crippen molar-refractivity contribution in [3.05, 3.63) is 96.1 Å². The second kappa shape index (κ2) is 10.1. The average molecular weight is 384 g/mol. The van der Waals surface area contributed by atoms with Crippen molar-refractivity contribution in [2.75, 3.05) is 0 Å². The van der Waals surface area contributed by atoms with Crippen LogP contribution in [0.1, 0.15) is 55.9 Å². The monoisotopic (exact) mass is 383 g/mol.